The molecule has 0 unspecified atom stereocenters. The van der Waals surface area contributed by atoms with Gasteiger partial charge in [0.2, 0.25) is 0 Å². The van der Waals surface area contributed by atoms with E-state index in [0.717, 1.165) is 30.7 Å². The molecular weight excluding hydrogens is 252 g/mol. The van der Waals surface area contributed by atoms with Crippen LogP contribution in [0, 0.1) is 0 Å². The zero-order valence-corrected chi connectivity index (χ0v) is 12.0. The summed E-state index contributed by atoms with van der Waals surface area (Å²) in [4.78, 5) is 12.0. The van der Waals surface area contributed by atoms with Gasteiger partial charge in [0.15, 0.2) is 0 Å². The lowest BCUT2D eigenvalue weighted by Crippen LogP contribution is -2.29. The molecule has 1 saturated heterocycles. The number of carbonyl (C=O) groups excluding carboxylic acids is 1. The number of aromatic nitrogens is 2. The normalized spacial score (nSPS) is 17.9. The van der Waals surface area contributed by atoms with Gasteiger partial charge in [-0.05, 0) is 37.5 Å². The van der Waals surface area contributed by atoms with E-state index in [-0.39, 0.29) is 5.91 Å². The van der Waals surface area contributed by atoms with Crippen LogP contribution >= 0.6 is 0 Å². The van der Waals surface area contributed by atoms with Crippen LogP contribution in [0.3, 0.4) is 0 Å². The van der Waals surface area contributed by atoms with E-state index < -0.39 is 0 Å². The first-order valence-electron chi connectivity index (χ1n) is 7.02. The van der Waals surface area contributed by atoms with Crippen molar-refractivity contribution in [2.75, 3.05) is 13.1 Å². The van der Waals surface area contributed by atoms with Crippen molar-refractivity contribution in [1.29, 1.82) is 0 Å². The Morgan fingerprint density at radius 2 is 2.40 bits per heavy atom. The Morgan fingerprint density at radius 1 is 1.60 bits per heavy atom. The Hall–Kier alpha value is -1.88. The molecule has 1 fully saturated rings. The summed E-state index contributed by atoms with van der Waals surface area (Å²) in [6.45, 7) is 12.3. The Bertz CT molecular complexity index is 512. The molecule has 0 aliphatic carbocycles. The second-order valence-corrected chi connectivity index (χ2v) is 5.05. The van der Waals surface area contributed by atoms with E-state index in [9.17, 15) is 4.79 Å². The molecule has 1 aromatic rings. The Kier molecular flexibility index (Phi) is 4.74. The minimum Gasteiger partial charge on any atom is -0.348 e. The number of nitrogens with one attached hydrogen (secondary N) is 2. The topological polar surface area (TPSA) is 59.0 Å². The molecule has 2 rings (SSSR count). The van der Waals surface area contributed by atoms with E-state index in [4.69, 9.17) is 0 Å². The predicted octanol–water partition coefficient (Wildman–Crippen LogP) is 1.50. The second kappa shape index (κ2) is 6.52. The zero-order chi connectivity index (χ0) is 14.5. The summed E-state index contributed by atoms with van der Waals surface area (Å²) in [5.74, 6) is -0.127. The quantitative estimate of drug-likeness (QED) is 0.773. The van der Waals surface area contributed by atoms with Crippen molar-refractivity contribution in [3.63, 3.8) is 0 Å². The van der Waals surface area contributed by atoms with Crippen molar-refractivity contribution < 1.29 is 4.79 Å². The highest BCUT2D eigenvalue weighted by Crippen LogP contribution is 2.18. The van der Waals surface area contributed by atoms with Crippen LogP contribution in [0.5, 0.6) is 0 Å². The fraction of sp³-hybridized carbons (Fsp3) is 0.467. The van der Waals surface area contributed by atoms with Gasteiger partial charge in [-0.25, -0.2) is 0 Å². The summed E-state index contributed by atoms with van der Waals surface area (Å²) in [5, 5.41) is 10.3. The first-order chi connectivity index (χ1) is 9.61. The third-order valence-corrected chi connectivity index (χ3v) is 3.62. The fourth-order valence-electron chi connectivity index (χ4n) is 2.28. The molecule has 2 heterocycles. The maximum atomic E-state index is 12.0. The molecule has 5 nitrogen and oxygen atoms in total. The Morgan fingerprint density at radius 3 is 3.00 bits per heavy atom. The van der Waals surface area contributed by atoms with Gasteiger partial charge in [-0.2, -0.15) is 5.10 Å². The molecule has 1 amide bonds. The smallest absolute Gasteiger partial charge is 0.254 e. The van der Waals surface area contributed by atoms with Crippen molar-refractivity contribution in [1.82, 2.24) is 20.4 Å². The largest absolute Gasteiger partial charge is 0.348 e. The molecule has 1 aliphatic heterocycles. The summed E-state index contributed by atoms with van der Waals surface area (Å²) in [6, 6.07) is 0.308. The van der Waals surface area contributed by atoms with Gasteiger partial charge < -0.3 is 10.6 Å². The standard InChI is InChI=1S/C15H22N4O/c1-4-19-10-13(9-18-19)15(20)17-8-11(2)12(3)14-6-5-7-16-14/h9-10,14,16H,2-8H2,1H3,(H,17,20)/t14-/m0/s1. The first-order valence-corrected chi connectivity index (χ1v) is 7.02. The number of hydrogen-bond acceptors (Lipinski definition) is 3. The SMILES string of the molecule is C=C(CNC(=O)c1cnn(CC)c1)C(=C)[C@@H]1CCCN1. The van der Waals surface area contributed by atoms with Gasteiger partial charge in [0.05, 0.1) is 11.8 Å². The van der Waals surface area contributed by atoms with Crippen molar-refractivity contribution >= 4 is 5.91 Å². The van der Waals surface area contributed by atoms with Gasteiger partial charge in [0, 0.05) is 25.3 Å². The predicted molar refractivity (Wildman–Crippen MR) is 79.5 cm³/mol. The highest BCUT2D eigenvalue weighted by Gasteiger charge is 2.19. The number of nitrogens with zero attached hydrogens (tertiary/aromatic N) is 2. The minimum absolute atomic E-state index is 0.127. The number of hydrogen-bond donors (Lipinski definition) is 2. The number of carbonyl (C=O) groups is 1. The van der Waals surface area contributed by atoms with Gasteiger partial charge >= 0.3 is 0 Å². The van der Waals surface area contributed by atoms with Gasteiger partial charge in [-0.1, -0.05) is 13.2 Å². The van der Waals surface area contributed by atoms with Crippen LogP contribution in [0.25, 0.3) is 0 Å². The average molecular weight is 274 g/mol. The van der Waals surface area contributed by atoms with Crippen LogP contribution in [-0.2, 0) is 6.54 Å². The van der Waals surface area contributed by atoms with E-state index in [2.05, 4.69) is 28.9 Å². The molecule has 108 valence electrons. The maximum Gasteiger partial charge on any atom is 0.254 e. The summed E-state index contributed by atoms with van der Waals surface area (Å²) in [7, 11) is 0. The Labute approximate surface area is 119 Å². The molecular formula is C15H22N4O. The number of rotatable bonds is 6. The fourth-order valence-corrected chi connectivity index (χ4v) is 2.28. The van der Waals surface area contributed by atoms with Crippen LogP contribution in [0.2, 0.25) is 0 Å². The van der Waals surface area contributed by atoms with Gasteiger partial charge in [0.1, 0.15) is 0 Å². The molecule has 5 heteroatoms. The zero-order valence-electron chi connectivity index (χ0n) is 12.0. The minimum atomic E-state index is -0.127. The summed E-state index contributed by atoms with van der Waals surface area (Å²) < 4.78 is 1.73. The maximum absolute atomic E-state index is 12.0. The molecule has 0 saturated carbocycles. The molecule has 1 atom stereocenters. The summed E-state index contributed by atoms with van der Waals surface area (Å²) in [6.07, 6.45) is 5.58. The third kappa shape index (κ3) is 3.36. The van der Waals surface area contributed by atoms with Crippen LogP contribution in [0.4, 0.5) is 0 Å². The van der Waals surface area contributed by atoms with Crippen LogP contribution in [0.1, 0.15) is 30.1 Å². The summed E-state index contributed by atoms with van der Waals surface area (Å²) in [5.41, 5.74) is 2.44. The van der Waals surface area contributed by atoms with E-state index in [1.165, 1.54) is 6.42 Å². The van der Waals surface area contributed by atoms with Gasteiger partial charge in [-0.15, -0.1) is 0 Å². The van der Waals surface area contributed by atoms with Crippen LogP contribution < -0.4 is 10.6 Å². The first kappa shape index (κ1) is 14.5. The number of aryl methyl sites for hydroxylation is 1. The van der Waals surface area contributed by atoms with Crippen LogP contribution in [-0.4, -0.2) is 34.8 Å². The number of amides is 1. The lowest BCUT2D eigenvalue weighted by molar-refractivity contribution is 0.0957. The lowest BCUT2D eigenvalue weighted by Gasteiger charge is -2.16. The molecule has 1 aromatic heterocycles. The average Bonchev–Trinajstić information content (AvgIpc) is 3.13. The van der Waals surface area contributed by atoms with Crippen LogP contribution in [0.15, 0.2) is 36.7 Å². The third-order valence-electron chi connectivity index (χ3n) is 3.62. The van der Waals surface area contributed by atoms with Gasteiger partial charge in [-0.3, -0.25) is 9.48 Å². The summed E-state index contributed by atoms with van der Waals surface area (Å²) >= 11 is 0. The molecule has 0 radical (unpaired) electrons. The van der Waals surface area contributed by atoms with Crippen molar-refractivity contribution in [3.8, 4) is 0 Å². The van der Waals surface area contributed by atoms with E-state index in [1.54, 1.807) is 17.1 Å². The second-order valence-electron chi connectivity index (χ2n) is 5.05. The molecule has 0 spiro atoms. The molecule has 2 N–H and O–H groups in total. The van der Waals surface area contributed by atoms with Gasteiger partial charge in [0.25, 0.3) is 5.91 Å². The van der Waals surface area contributed by atoms with Crippen molar-refractivity contribution in [2.24, 2.45) is 0 Å². The van der Waals surface area contributed by atoms with E-state index >= 15 is 0 Å². The monoisotopic (exact) mass is 274 g/mol. The van der Waals surface area contributed by atoms with E-state index in [0.29, 0.717) is 18.2 Å². The lowest BCUT2D eigenvalue weighted by atomic mass is 10.00. The van der Waals surface area contributed by atoms with Crippen molar-refractivity contribution in [3.05, 3.63) is 42.3 Å². The molecule has 0 aromatic carbocycles. The highest BCUT2D eigenvalue weighted by atomic mass is 16.1. The molecule has 20 heavy (non-hydrogen) atoms. The highest BCUT2D eigenvalue weighted by molar-refractivity contribution is 5.93. The Balaban J connectivity index is 1.83. The van der Waals surface area contributed by atoms with Crippen molar-refractivity contribution in [2.45, 2.75) is 32.4 Å². The molecule has 0 bridgehead atoms. The molecule has 1 aliphatic rings. The van der Waals surface area contributed by atoms with E-state index in [1.807, 2.05) is 6.92 Å².